The molecule has 0 bridgehead atoms. The van der Waals surface area contributed by atoms with Crippen molar-refractivity contribution in [3.63, 3.8) is 0 Å². The van der Waals surface area contributed by atoms with Gasteiger partial charge in [-0.1, -0.05) is 0 Å². The van der Waals surface area contributed by atoms with Crippen molar-refractivity contribution in [3.8, 4) is 0 Å². The molecule has 2 aliphatic heterocycles. The van der Waals surface area contributed by atoms with Gasteiger partial charge in [0.15, 0.2) is 6.29 Å². The van der Waals surface area contributed by atoms with E-state index in [-0.39, 0.29) is 51.7 Å². The molecule has 12 atom stereocenters. The molecule has 1 aliphatic carbocycles. The molecule has 1 amide bonds. The molecule has 1 saturated carbocycles. The maximum atomic E-state index is 12.7. The molecule has 0 unspecified atom stereocenters. The highest BCUT2D eigenvalue weighted by atomic mass is 16.7. The SMILES string of the molecule is CN[C@@H]1[C@@H](O)[C@@H](O[C@@H]2[C@@H](O)[C@H](O[C@H]3OC(CN)=CC[C@H]3NCCO)[C@@H](N)C[C@H]2NC(=O)[C@@H](O)CCN)OC[C@]1(C)O. The first-order valence-electron chi connectivity index (χ1n) is 14.0. The largest absolute Gasteiger partial charge is 0.467 e. The predicted molar refractivity (Wildman–Crippen MR) is 145 cm³/mol. The highest BCUT2D eigenvalue weighted by Gasteiger charge is 2.52. The number of carbonyl (C=O) groups is 1. The van der Waals surface area contributed by atoms with Gasteiger partial charge >= 0.3 is 0 Å². The summed E-state index contributed by atoms with van der Waals surface area (Å²) in [4.78, 5) is 12.7. The van der Waals surface area contributed by atoms with Gasteiger partial charge in [-0.15, -0.1) is 0 Å². The number of carbonyl (C=O) groups excluding carboxylic acids is 1. The van der Waals surface area contributed by atoms with Crippen molar-refractivity contribution in [2.75, 3.05) is 39.9 Å². The smallest absolute Gasteiger partial charge is 0.249 e. The number of rotatable bonds is 13. The van der Waals surface area contributed by atoms with Crippen LogP contribution in [0.2, 0.25) is 0 Å². The fourth-order valence-corrected chi connectivity index (χ4v) is 5.51. The van der Waals surface area contributed by atoms with Gasteiger partial charge in [0, 0.05) is 12.6 Å². The van der Waals surface area contributed by atoms with Crippen LogP contribution in [-0.4, -0.2) is 144 Å². The van der Waals surface area contributed by atoms with Gasteiger partial charge < -0.3 is 77.6 Å². The predicted octanol–water partition coefficient (Wildman–Crippen LogP) is -5.36. The first kappa shape index (κ1) is 34.0. The van der Waals surface area contributed by atoms with Crippen LogP contribution in [0.3, 0.4) is 0 Å². The number of hydrogen-bond acceptors (Lipinski definition) is 15. The lowest BCUT2D eigenvalue weighted by molar-refractivity contribution is -0.304. The molecule has 14 N–H and O–H groups in total. The molecule has 238 valence electrons. The number of likely N-dealkylation sites (N-methyl/N-ethyl adjacent to an activating group) is 1. The van der Waals surface area contributed by atoms with E-state index in [1.807, 2.05) is 6.08 Å². The third kappa shape index (κ3) is 8.32. The molecular weight excluding hydrogens is 544 g/mol. The Morgan fingerprint density at radius 2 is 1.90 bits per heavy atom. The van der Waals surface area contributed by atoms with Crippen molar-refractivity contribution >= 4 is 5.91 Å². The second-order valence-corrected chi connectivity index (χ2v) is 11.0. The van der Waals surface area contributed by atoms with E-state index in [0.717, 1.165) is 0 Å². The summed E-state index contributed by atoms with van der Waals surface area (Å²) in [6.07, 6.45) is -6.33. The topological polar surface area (TPSA) is 269 Å². The van der Waals surface area contributed by atoms with Crippen LogP contribution in [-0.2, 0) is 23.7 Å². The third-order valence-electron chi connectivity index (χ3n) is 7.73. The number of amides is 1. The molecule has 0 aromatic rings. The Kier molecular flexibility index (Phi) is 12.7. The number of aliphatic hydroxyl groups excluding tert-OH is 4. The van der Waals surface area contributed by atoms with E-state index >= 15 is 0 Å². The summed E-state index contributed by atoms with van der Waals surface area (Å²) in [5.74, 6) is -0.234. The number of aliphatic hydroxyl groups is 5. The Morgan fingerprint density at radius 1 is 1.20 bits per heavy atom. The Morgan fingerprint density at radius 3 is 2.54 bits per heavy atom. The molecule has 0 spiro atoms. The summed E-state index contributed by atoms with van der Waals surface area (Å²) in [5.41, 5.74) is 16.3. The molecule has 3 rings (SSSR count). The lowest BCUT2D eigenvalue weighted by Gasteiger charge is -2.49. The van der Waals surface area contributed by atoms with E-state index in [9.17, 15) is 30.3 Å². The van der Waals surface area contributed by atoms with Crippen LogP contribution in [0.5, 0.6) is 0 Å². The van der Waals surface area contributed by atoms with Gasteiger partial charge in [0.1, 0.15) is 41.9 Å². The van der Waals surface area contributed by atoms with E-state index in [1.54, 1.807) is 7.05 Å². The van der Waals surface area contributed by atoms with Gasteiger partial charge in [-0.2, -0.15) is 0 Å². The van der Waals surface area contributed by atoms with Crippen LogP contribution < -0.4 is 33.2 Å². The summed E-state index contributed by atoms with van der Waals surface area (Å²) >= 11 is 0. The molecule has 2 fully saturated rings. The van der Waals surface area contributed by atoms with Crippen molar-refractivity contribution in [1.29, 1.82) is 0 Å². The highest BCUT2D eigenvalue weighted by molar-refractivity contribution is 5.80. The third-order valence-corrected chi connectivity index (χ3v) is 7.73. The van der Waals surface area contributed by atoms with Crippen LogP contribution in [0, 0.1) is 0 Å². The zero-order valence-electron chi connectivity index (χ0n) is 23.6. The van der Waals surface area contributed by atoms with E-state index in [1.165, 1.54) is 6.92 Å². The quantitative estimate of drug-likeness (QED) is 0.0953. The second-order valence-electron chi connectivity index (χ2n) is 11.0. The summed E-state index contributed by atoms with van der Waals surface area (Å²) in [6, 6.07) is -2.95. The molecular formula is C25H48N6O10. The second kappa shape index (κ2) is 15.3. The molecule has 3 aliphatic rings. The van der Waals surface area contributed by atoms with Gasteiger partial charge in [0.25, 0.3) is 0 Å². The molecule has 0 aromatic heterocycles. The molecule has 41 heavy (non-hydrogen) atoms. The van der Waals surface area contributed by atoms with E-state index in [4.69, 9.17) is 36.1 Å². The van der Waals surface area contributed by atoms with E-state index < -0.39 is 72.7 Å². The zero-order chi connectivity index (χ0) is 30.3. The van der Waals surface area contributed by atoms with Crippen LogP contribution in [0.1, 0.15) is 26.2 Å². The zero-order valence-corrected chi connectivity index (χ0v) is 23.6. The Bertz CT molecular complexity index is 869. The molecule has 2 heterocycles. The molecule has 0 radical (unpaired) electrons. The van der Waals surface area contributed by atoms with Crippen molar-refractivity contribution in [1.82, 2.24) is 16.0 Å². The fourth-order valence-electron chi connectivity index (χ4n) is 5.51. The summed E-state index contributed by atoms with van der Waals surface area (Å²) in [6.45, 7) is 1.69. The number of nitrogens with two attached hydrogens (primary N) is 3. The maximum absolute atomic E-state index is 12.7. The number of ether oxygens (including phenoxy) is 4. The Balaban J connectivity index is 1.84. The molecule has 0 aromatic carbocycles. The Hall–Kier alpha value is -1.51. The van der Waals surface area contributed by atoms with Crippen LogP contribution in [0.25, 0.3) is 0 Å². The van der Waals surface area contributed by atoms with Gasteiger partial charge in [-0.25, -0.2) is 0 Å². The minimum absolute atomic E-state index is 0.0199. The van der Waals surface area contributed by atoms with Crippen LogP contribution >= 0.6 is 0 Å². The van der Waals surface area contributed by atoms with E-state index in [2.05, 4.69) is 16.0 Å². The summed E-state index contributed by atoms with van der Waals surface area (Å²) < 4.78 is 23.8. The minimum Gasteiger partial charge on any atom is -0.467 e. The van der Waals surface area contributed by atoms with Crippen molar-refractivity contribution in [2.45, 2.75) is 99.1 Å². The highest BCUT2D eigenvalue weighted by Crippen LogP contribution is 2.32. The summed E-state index contributed by atoms with van der Waals surface area (Å²) in [5, 5.41) is 61.2. The minimum atomic E-state index is -1.46. The van der Waals surface area contributed by atoms with Gasteiger partial charge in [-0.3, -0.25) is 4.79 Å². The van der Waals surface area contributed by atoms with Gasteiger partial charge in [0.2, 0.25) is 12.2 Å². The molecule has 1 saturated heterocycles. The van der Waals surface area contributed by atoms with Crippen LogP contribution in [0.4, 0.5) is 0 Å². The van der Waals surface area contributed by atoms with Crippen molar-refractivity contribution < 1.29 is 49.3 Å². The average Bonchev–Trinajstić information content (AvgIpc) is 2.93. The van der Waals surface area contributed by atoms with E-state index in [0.29, 0.717) is 12.2 Å². The maximum Gasteiger partial charge on any atom is 0.249 e. The lowest BCUT2D eigenvalue weighted by atomic mass is 9.83. The standard InChI is InChI=1S/C25H48N6O10/c1-25(37)11-38-24(18(35)21(25)29-2)41-20-15(31-22(36)16(33)5-6-26)9-13(28)19(17(20)34)40-23-14(30-7-8-32)4-3-12(10-27)39-23/h3,13-21,23-24,29-30,32-35,37H,4-11,26-28H2,1-2H3,(H,31,36)/t13-,14+,15+,16-,17-,18+,19+,20-,21+,23+,24+,25-/m0/s1. The normalized spacial score (nSPS) is 40.4. The van der Waals surface area contributed by atoms with Crippen molar-refractivity contribution in [3.05, 3.63) is 11.8 Å². The van der Waals surface area contributed by atoms with Crippen molar-refractivity contribution in [2.24, 2.45) is 17.2 Å². The molecule has 16 heteroatoms. The van der Waals surface area contributed by atoms with Gasteiger partial charge in [0.05, 0.1) is 37.9 Å². The first-order valence-corrected chi connectivity index (χ1v) is 14.0. The van der Waals surface area contributed by atoms with Crippen LogP contribution in [0.15, 0.2) is 11.8 Å². The molecule has 16 nitrogen and oxygen atoms in total. The summed E-state index contributed by atoms with van der Waals surface area (Å²) in [7, 11) is 1.57. The Labute approximate surface area is 239 Å². The lowest BCUT2D eigenvalue weighted by Crippen LogP contribution is -2.69. The van der Waals surface area contributed by atoms with Gasteiger partial charge in [-0.05, 0) is 45.9 Å². The first-order chi connectivity index (χ1) is 19.5. The number of hydrogen-bond donors (Lipinski definition) is 11. The number of nitrogens with one attached hydrogen (secondary N) is 3. The monoisotopic (exact) mass is 592 g/mol. The fraction of sp³-hybridized carbons (Fsp3) is 0.880. The average molecular weight is 593 g/mol.